The smallest absolute Gasteiger partial charge is 0.0644 e. The first-order valence-electron chi connectivity index (χ1n) is 8.45. The van der Waals surface area contributed by atoms with Crippen molar-refractivity contribution in [3.63, 3.8) is 0 Å². The van der Waals surface area contributed by atoms with Crippen LogP contribution in [0.4, 0.5) is 0 Å². The highest BCUT2D eigenvalue weighted by atomic mass is 16.3. The fourth-order valence-electron chi connectivity index (χ4n) is 3.59. The second-order valence-electron chi connectivity index (χ2n) is 6.53. The van der Waals surface area contributed by atoms with E-state index in [9.17, 15) is 0 Å². The molecule has 1 saturated heterocycles. The quantitative estimate of drug-likeness (QED) is 0.920. The van der Waals surface area contributed by atoms with Crippen LogP contribution in [0.15, 0.2) is 24.4 Å². The molecule has 0 spiro atoms. The van der Waals surface area contributed by atoms with E-state index in [2.05, 4.69) is 47.0 Å². The van der Waals surface area contributed by atoms with Gasteiger partial charge in [0.1, 0.15) is 0 Å². The molecule has 0 bridgehead atoms. The molecule has 0 saturated carbocycles. The normalized spacial score (nSPS) is 16.8. The first-order valence-corrected chi connectivity index (χ1v) is 8.45. The Morgan fingerprint density at radius 1 is 1.22 bits per heavy atom. The van der Waals surface area contributed by atoms with E-state index in [1.807, 2.05) is 10.9 Å². The summed E-state index contributed by atoms with van der Waals surface area (Å²) in [4.78, 5) is 7.14. The van der Waals surface area contributed by atoms with Crippen molar-refractivity contribution >= 4 is 0 Å². The van der Waals surface area contributed by atoms with Crippen molar-refractivity contribution in [3.8, 4) is 0 Å². The fourth-order valence-corrected chi connectivity index (χ4v) is 3.59. The Hall–Kier alpha value is -1.72. The molecule has 0 aliphatic carbocycles. The third-order valence-electron chi connectivity index (χ3n) is 4.60. The van der Waals surface area contributed by atoms with Crippen LogP contribution in [0.25, 0.3) is 0 Å². The van der Waals surface area contributed by atoms with Gasteiger partial charge in [0.25, 0.3) is 0 Å². The maximum atomic E-state index is 9.14. The van der Waals surface area contributed by atoms with E-state index in [1.54, 1.807) is 0 Å². The zero-order valence-corrected chi connectivity index (χ0v) is 14.1. The largest absolute Gasteiger partial charge is 0.394 e. The van der Waals surface area contributed by atoms with Crippen molar-refractivity contribution in [3.05, 3.63) is 47.0 Å². The van der Waals surface area contributed by atoms with Gasteiger partial charge in [-0.25, -0.2) is 0 Å². The maximum Gasteiger partial charge on any atom is 0.0644 e. The van der Waals surface area contributed by atoms with E-state index in [0.29, 0.717) is 12.5 Å². The number of aryl methyl sites for hydroxylation is 2. The molecule has 23 heavy (non-hydrogen) atoms. The first kappa shape index (κ1) is 16.1. The van der Waals surface area contributed by atoms with Crippen LogP contribution in [0.1, 0.15) is 41.4 Å². The second-order valence-corrected chi connectivity index (χ2v) is 6.53. The summed E-state index contributed by atoms with van der Waals surface area (Å²) in [6.45, 7) is 8.04. The lowest BCUT2D eigenvalue weighted by Gasteiger charge is -2.32. The average molecular weight is 314 g/mol. The molecule has 0 unspecified atom stereocenters. The Labute approximate surface area is 138 Å². The summed E-state index contributed by atoms with van der Waals surface area (Å²) in [5, 5.41) is 13.5. The summed E-state index contributed by atoms with van der Waals surface area (Å²) in [5.41, 5.74) is 4.83. The topological polar surface area (TPSA) is 54.2 Å². The van der Waals surface area contributed by atoms with Crippen LogP contribution in [-0.4, -0.2) is 44.5 Å². The average Bonchev–Trinajstić information content (AvgIpc) is 2.96. The van der Waals surface area contributed by atoms with Crippen molar-refractivity contribution in [2.75, 3.05) is 19.7 Å². The molecule has 5 nitrogen and oxygen atoms in total. The lowest BCUT2D eigenvalue weighted by molar-refractivity contribution is 0.197. The van der Waals surface area contributed by atoms with E-state index in [-0.39, 0.29) is 6.61 Å². The van der Waals surface area contributed by atoms with Gasteiger partial charge in [0.15, 0.2) is 0 Å². The van der Waals surface area contributed by atoms with Crippen LogP contribution < -0.4 is 0 Å². The van der Waals surface area contributed by atoms with Crippen LogP contribution in [0.3, 0.4) is 0 Å². The number of hydrogen-bond donors (Lipinski definition) is 1. The van der Waals surface area contributed by atoms with Gasteiger partial charge in [0, 0.05) is 30.0 Å². The molecule has 0 amide bonds. The van der Waals surface area contributed by atoms with E-state index >= 15 is 0 Å². The molecule has 3 heterocycles. The van der Waals surface area contributed by atoms with Crippen LogP contribution in [-0.2, 0) is 13.1 Å². The van der Waals surface area contributed by atoms with Crippen molar-refractivity contribution < 1.29 is 5.11 Å². The summed E-state index contributed by atoms with van der Waals surface area (Å²) in [6.07, 6.45) is 4.13. The number of piperidine rings is 1. The zero-order valence-electron chi connectivity index (χ0n) is 14.1. The molecular formula is C18H26N4O. The minimum absolute atomic E-state index is 0.145. The van der Waals surface area contributed by atoms with E-state index in [1.165, 1.54) is 17.0 Å². The van der Waals surface area contributed by atoms with Crippen molar-refractivity contribution in [1.82, 2.24) is 19.7 Å². The predicted molar refractivity (Wildman–Crippen MR) is 90.3 cm³/mol. The number of likely N-dealkylation sites (tertiary alicyclic amines) is 1. The molecule has 124 valence electrons. The number of aliphatic hydroxyl groups excluding tert-OH is 1. The molecular weight excluding hydrogens is 288 g/mol. The zero-order chi connectivity index (χ0) is 16.2. The summed E-state index contributed by atoms with van der Waals surface area (Å²) in [7, 11) is 0. The molecule has 1 aliphatic heterocycles. The van der Waals surface area contributed by atoms with Crippen LogP contribution >= 0.6 is 0 Å². The summed E-state index contributed by atoms with van der Waals surface area (Å²) in [5.74, 6) is 0.549. The molecule has 0 atom stereocenters. The van der Waals surface area contributed by atoms with Gasteiger partial charge in [-0.3, -0.25) is 14.6 Å². The standard InChI is InChI=1S/C18H26N4O/c1-14-11-15(2)20-17(12-14)13-21-7-4-16(5-8-21)18-3-6-19-22(18)9-10-23/h3,6,11-12,16,23H,4-5,7-10,13H2,1-2H3. The molecule has 1 N–H and O–H groups in total. The highest BCUT2D eigenvalue weighted by molar-refractivity contribution is 5.19. The van der Waals surface area contributed by atoms with Crippen molar-refractivity contribution in [2.45, 2.75) is 45.7 Å². The van der Waals surface area contributed by atoms with Gasteiger partial charge in [-0.1, -0.05) is 0 Å². The van der Waals surface area contributed by atoms with E-state index in [4.69, 9.17) is 5.11 Å². The second kappa shape index (κ2) is 7.23. The SMILES string of the molecule is Cc1cc(C)nc(CN2CCC(c3ccnn3CCO)CC2)c1. The van der Waals surface area contributed by atoms with Crippen LogP contribution in [0.2, 0.25) is 0 Å². The Balaban J connectivity index is 1.59. The van der Waals surface area contributed by atoms with Gasteiger partial charge in [-0.15, -0.1) is 0 Å². The number of nitrogens with zero attached hydrogens (tertiary/aromatic N) is 4. The molecule has 1 fully saturated rings. The van der Waals surface area contributed by atoms with Crippen molar-refractivity contribution in [2.24, 2.45) is 0 Å². The lowest BCUT2D eigenvalue weighted by Crippen LogP contribution is -2.33. The van der Waals surface area contributed by atoms with Crippen LogP contribution in [0, 0.1) is 13.8 Å². The Bertz CT molecular complexity index is 624. The third kappa shape index (κ3) is 3.98. The van der Waals surface area contributed by atoms with Crippen molar-refractivity contribution in [1.29, 1.82) is 0 Å². The molecule has 0 aromatic carbocycles. The molecule has 0 radical (unpaired) electrons. The number of aromatic nitrogens is 3. The van der Waals surface area contributed by atoms with Gasteiger partial charge in [-0.2, -0.15) is 5.10 Å². The molecule has 5 heteroatoms. The molecule has 3 rings (SSSR count). The number of aliphatic hydroxyl groups is 1. The maximum absolute atomic E-state index is 9.14. The number of hydrogen-bond acceptors (Lipinski definition) is 4. The highest BCUT2D eigenvalue weighted by Crippen LogP contribution is 2.28. The summed E-state index contributed by atoms with van der Waals surface area (Å²) in [6, 6.07) is 6.41. The first-order chi connectivity index (χ1) is 11.2. The Kier molecular flexibility index (Phi) is 5.08. The van der Waals surface area contributed by atoms with E-state index < -0.39 is 0 Å². The highest BCUT2D eigenvalue weighted by Gasteiger charge is 2.23. The summed E-state index contributed by atoms with van der Waals surface area (Å²) >= 11 is 0. The van der Waals surface area contributed by atoms with Gasteiger partial charge >= 0.3 is 0 Å². The molecule has 1 aliphatic rings. The van der Waals surface area contributed by atoms with Gasteiger partial charge in [-0.05, 0) is 63.5 Å². The third-order valence-corrected chi connectivity index (χ3v) is 4.60. The predicted octanol–water partition coefficient (Wildman–Crippen LogP) is 2.27. The summed E-state index contributed by atoms with van der Waals surface area (Å²) < 4.78 is 1.95. The number of rotatable bonds is 5. The minimum atomic E-state index is 0.145. The molecule has 2 aromatic heterocycles. The van der Waals surface area contributed by atoms with Gasteiger partial charge < -0.3 is 5.11 Å². The number of pyridine rings is 1. The Morgan fingerprint density at radius 3 is 2.70 bits per heavy atom. The van der Waals surface area contributed by atoms with Gasteiger partial charge in [0.2, 0.25) is 0 Å². The van der Waals surface area contributed by atoms with Crippen LogP contribution in [0.5, 0.6) is 0 Å². The fraction of sp³-hybridized carbons (Fsp3) is 0.556. The Morgan fingerprint density at radius 2 is 2.00 bits per heavy atom. The lowest BCUT2D eigenvalue weighted by atomic mass is 9.93. The van der Waals surface area contributed by atoms with E-state index in [0.717, 1.165) is 38.2 Å². The van der Waals surface area contributed by atoms with Gasteiger partial charge in [0.05, 0.1) is 18.8 Å². The monoisotopic (exact) mass is 314 g/mol. The minimum Gasteiger partial charge on any atom is -0.394 e. The molecule has 2 aromatic rings.